The fraction of sp³-hybridized carbons (Fsp3) is 0.148. The van der Waals surface area contributed by atoms with Crippen LogP contribution in [0.4, 0.5) is 5.69 Å². The number of rotatable bonds is 5. The van der Waals surface area contributed by atoms with Crippen LogP contribution in [0.15, 0.2) is 60.5 Å². The van der Waals surface area contributed by atoms with Crippen molar-refractivity contribution in [2.75, 3.05) is 33.3 Å². The Labute approximate surface area is 207 Å². The third kappa shape index (κ3) is 3.51. The first-order valence-corrected chi connectivity index (χ1v) is 11.1. The fourth-order valence-corrected chi connectivity index (χ4v) is 4.49. The van der Waals surface area contributed by atoms with Gasteiger partial charge in [0.2, 0.25) is 0 Å². The number of carbonyl (C=O) groups excluding carboxylic acids is 1. The zero-order valence-corrected chi connectivity index (χ0v) is 20.3. The second-order valence-corrected chi connectivity index (χ2v) is 7.93. The summed E-state index contributed by atoms with van der Waals surface area (Å²) in [6, 6.07) is 16.4. The number of carbonyl (C=O) groups is 1. The van der Waals surface area contributed by atoms with E-state index in [1.807, 2.05) is 36.4 Å². The van der Waals surface area contributed by atoms with Crippen LogP contribution in [-0.4, -0.2) is 39.4 Å². The number of para-hydroxylation sites is 2. The van der Waals surface area contributed by atoms with Gasteiger partial charge in [-0.2, -0.15) is 0 Å². The molecular formula is C27H21NO6S. The first-order chi connectivity index (χ1) is 17.0. The van der Waals surface area contributed by atoms with E-state index in [1.54, 1.807) is 46.6 Å². The Bertz CT molecular complexity index is 1560. The first kappa shape index (κ1) is 22.5. The summed E-state index contributed by atoms with van der Waals surface area (Å²) in [4.78, 5) is 15.5. The fourth-order valence-electron chi connectivity index (χ4n) is 4.36. The minimum atomic E-state index is -0.323. The summed E-state index contributed by atoms with van der Waals surface area (Å²) in [5.74, 6) is 2.51. The SMILES string of the molecule is COc1cc2cc(C(=O)N3C(=C=S)Oc4ccccc43)c3cc(OC)c(OC)cc3c2cc1OC. The van der Waals surface area contributed by atoms with Crippen LogP contribution in [0, 0.1) is 0 Å². The van der Waals surface area contributed by atoms with Gasteiger partial charge >= 0.3 is 0 Å². The Hall–Kier alpha value is -4.26. The Balaban J connectivity index is 1.84. The third-order valence-electron chi connectivity index (χ3n) is 6.00. The zero-order chi connectivity index (χ0) is 24.7. The van der Waals surface area contributed by atoms with E-state index in [9.17, 15) is 4.79 Å². The van der Waals surface area contributed by atoms with Gasteiger partial charge in [0.1, 0.15) is 0 Å². The standard InChI is InChI=1S/C27H21NO6S/c1-30-22-10-15-9-19(27(29)28-20-7-5-6-8-21(20)34-26(28)14-35)18-13-25(33-4)24(32-3)12-17(18)16(15)11-23(22)31-2/h5-13H,1-4H3. The molecule has 0 saturated carbocycles. The quantitative estimate of drug-likeness (QED) is 0.272. The second-order valence-electron chi connectivity index (χ2n) is 7.72. The van der Waals surface area contributed by atoms with Crippen molar-refractivity contribution in [2.45, 2.75) is 0 Å². The van der Waals surface area contributed by atoms with Crippen LogP contribution in [0.1, 0.15) is 10.4 Å². The lowest BCUT2D eigenvalue weighted by atomic mass is 9.95. The normalized spacial score (nSPS) is 12.2. The Kier molecular flexibility index (Phi) is 5.68. The van der Waals surface area contributed by atoms with E-state index in [0.29, 0.717) is 45.4 Å². The van der Waals surface area contributed by atoms with Gasteiger partial charge in [-0.1, -0.05) is 12.1 Å². The van der Waals surface area contributed by atoms with Gasteiger partial charge in [-0.05, 0) is 76.2 Å². The van der Waals surface area contributed by atoms with Crippen LogP contribution < -0.4 is 28.6 Å². The van der Waals surface area contributed by atoms with Crippen LogP contribution in [0.5, 0.6) is 28.7 Å². The summed E-state index contributed by atoms with van der Waals surface area (Å²) < 4.78 is 27.9. The Morgan fingerprint density at radius 1 is 0.800 bits per heavy atom. The van der Waals surface area contributed by atoms with Crippen molar-refractivity contribution in [2.24, 2.45) is 0 Å². The van der Waals surface area contributed by atoms with Gasteiger partial charge in [0.05, 0.1) is 34.1 Å². The van der Waals surface area contributed by atoms with Crippen LogP contribution in [-0.2, 0) is 0 Å². The summed E-state index contributed by atoms with van der Waals surface area (Å²) in [5, 5.41) is 5.67. The summed E-state index contributed by atoms with van der Waals surface area (Å²) in [6.45, 7) is 0. The van der Waals surface area contributed by atoms with Crippen LogP contribution >= 0.6 is 12.2 Å². The van der Waals surface area contributed by atoms with Crippen molar-refractivity contribution in [3.8, 4) is 28.7 Å². The lowest BCUT2D eigenvalue weighted by Crippen LogP contribution is -2.29. The molecule has 35 heavy (non-hydrogen) atoms. The van der Waals surface area contributed by atoms with Gasteiger partial charge in [-0.3, -0.25) is 4.79 Å². The third-order valence-corrected chi connectivity index (χ3v) is 6.17. The van der Waals surface area contributed by atoms with Crippen molar-refractivity contribution in [3.63, 3.8) is 0 Å². The van der Waals surface area contributed by atoms with Crippen molar-refractivity contribution < 1.29 is 28.5 Å². The monoisotopic (exact) mass is 487 g/mol. The highest BCUT2D eigenvalue weighted by Crippen LogP contribution is 2.44. The molecule has 0 N–H and O–H groups in total. The molecule has 5 rings (SSSR count). The number of ether oxygens (including phenoxy) is 5. The molecule has 8 heteroatoms. The Morgan fingerprint density at radius 2 is 1.37 bits per heavy atom. The number of thiocarbonyl (C=S) groups is 1. The summed E-state index contributed by atoms with van der Waals surface area (Å²) in [5.41, 5.74) is 1.01. The van der Waals surface area contributed by atoms with Crippen LogP contribution in [0.3, 0.4) is 0 Å². The molecule has 176 valence electrons. The van der Waals surface area contributed by atoms with E-state index >= 15 is 0 Å². The molecule has 0 saturated heterocycles. The highest BCUT2D eigenvalue weighted by molar-refractivity contribution is 7.78. The zero-order valence-electron chi connectivity index (χ0n) is 19.5. The minimum Gasteiger partial charge on any atom is -0.493 e. The summed E-state index contributed by atoms with van der Waals surface area (Å²) in [7, 11) is 6.27. The maximum atomic E-state index is 14.1. The molecule has 0 radical (unpaired) electrons. The molecular weight excluding hydrogens is 466 g/mol. The topological polar surface area (TPSA) is 66.5 Å². The molecule has 0 unspecified atom stereocenters. The number of anilines is 1. The van der Waals surface area contributed by atoms with Crippen molar-refractivity contribution in [1.29, 1.82) is 0 Å². The Morgan fingerprint density at radius 3 is 2.00 bits per heavy atom. The lowest BCUT2D eigenvalue weighted by molar-refractivity contribution is 0.0992. The predicted molar refractivity (Wildman–Crippen MR) is 138 cm³/mol. The van der Waals surface area contributed by atoms with E-state index in [-0.39, 0.29) is 11.8 Å². The average molecular weight is 488 g/mol. The number of benzene rings is 4. The van der Waals surface area contributed by atoms with Crippen LogP contribution in [0.2, 0.25) is 0 Å². The first-order valence-electron chi connectivity index (χ1n) is 10.7. The molecule has 0 fully saturated rings. The van der Waals surface area contributed by atoms with Crippen LogP contribution in [0.25, 0.3) is 21.5 Å². The minimum absolute atomic E-state index is 0.146. The van der Waals surface area contributed by atoms with Gasteiger partial charge in [0, 0.05) is 10.6 Å². The highest BCUT2D eigenvalue weighted by Gasteiger charge is 2.33. The van der Waals surface area contributed by atoms with Gasteiger partial charge in [-0.15, -0.1) is 0 Å². The molecule has 0 bridgehead atoms. The molecule has 4 aromatic carbocycles. The number of amides is 1. The smallest absolute Gasteiger partial charge is 0.266 e. The van der Waals surface area contributed by atoms with Gasteiger partial charge in [-0.25, -0.2) is 4.90 Å². The van der Waals surface area contributed by atoms with E-state index in [0.717, 1.165) is 16.2 Å². The molecule has 0 atom stereocenters. The molecule has 0 aromatic heterocycles. The molecule has 4 aromatic rings. The molecule has 1 amide bonds. The van der Waals surface area contributed by atoms with Gasteiger partial charge in [0.15, 0.2) is 28.7 Å². The van der Waals surface area contributed by atoms with E-state index < -0.39 is 0 Å². The summed E-state index contributed by atoms with van der Waals surface area (Å²) in [6.07, 6.45) is 0. The van der Waals surface area contributed by atoms with Crippen molar-refractivity contribution in [3.05, 3.63) is 66.0 Å². The number of hydrogen-bond acceptors (Lipinski definition) is 7. The lowest BCUT2D eigenvalue weighted by Gasteiger charge is -2.19. The molecule has 1 heterocycles. The number of nitrogens with zero attached hydrogens (tertiary/aromatic N) is 1. The average Bonchev–Trinajstić information content (AvgIpc) is 3.29. The molecule has 0 aliphatic carbocycles. The van der Waals surface area contributed by atoms with Gasteiger partial charge in [0.25, 0.3) is 11.8 Å². The predicted octanol–water partition coefficient (Wildman–Crippen LogP) is 5.51. The maximum Gasteiger partial charge on any atom is 0.266 e. The second kappa shape index (κ2) is 8.83. The van der Waals surface area contributed by atoms with Crippen molar-refractivity contribution in [1.82, 2.24) is 0 Å². The molecule has 7 nitrogen and oxygen atoms in total. The van der Waals surface area contributed by atoms with E-state index in [2.05, 4.69) is 5.02 Å². The number of methoxy groups -OCH3 is 4. The largest absolute Gasteiger partial charge is 0.493 e. The molecule has 0 spiro atoms. The van der Waals surface area contributed by atoms with Gasteiger partial charge < -0.3 is 23.7 Å². The highest BCUT2D eigenvalue weighted by atomic mass is 32.1. The summed E-state index contributed by atoms with van der Waals surface area (Å²) >= 11 is 5.04. The number of hydrogen-bond donors (Lipinski definition) is 0. The number of fused-ring (bicyclic) bond motifs is 4. The maximum absolute atomic E-state index is 14.1. The molecule has 1 aliphatic rings. The van der Waals surface area contributed by atoms with Crippen molar-refractivity contribution >= 4 is 50.4 Å². The van der Waals surface area contributed by atoms with E-state index in [4.69, 9.17) is 35.9 Å². The van der Waals surface area contributed by atoms with E-state index in [1.165, 1.54) is 4.90 Å². The molecule has 1 aliphatic heterocycles.